The molecule has 0 fully saturated rings. The van der Waals surface area contributed by atoms with Crippen LogP contribution in [-0.2, 0) is 0 Å². The molecule has 1 aromatic heterocycles. The van der Waals surface area contributed by atoms with Gasteiger partial charge in [-0.05, 0) is 0 Å². The molecule has 1 aromatic rings. The van der Waals surface area contributed by atoms with Gasteiger partial charge in [-0.1, -0.05) is 0 Å². The number of methoxy groups -OCH3 is 2. The summed E-state index contributed by atoms with van der Waals surface area (Å²) in [7, 11) is 10.3. The Labute approximate surface area is 106 Å². The highest BCUT2D eigenvalue weighted by molar-refractivity contribution is 5.69. The van der Waals surface area contributed by atoms with Gasteiger partial charge in [0.2, 0.25) is 0 Å². The van der Waals surface area contributed by atoms with E-state index < -0.39 is 0 Å². The highest BCUT2D eigenvalue weighted by atomic mass is 16.5. The fourth-order valence-corrected chi connectivity index (χ4v) is 1.21. The normalized spacial score (nSPS) is 9.67. The zero-order valence-electron chi connectivity index (χ0n) is 11.5. The summed E-state index contributed by atoms with van der Waals surface area (Å²) >= 11 is 0. The van der Waals surface area contributed by atoms with Crippen molar-refractivity contribution in [3.8, 4) is 18.0 Å². The summed E-state index contributed by atoms with van der Waals surface area (Å²) in [6.07, 6.45) is 0. The average molecular weight is 256 g/mol. The molecular weight excluding hydrogens is 238 g/mol. The minimum Gasteiger partial charge on any atom is -0.467 e. The molecule has 0 aromatic carbocycles. The molecule has 0 N–H and O–H groups in total. The van der Waals surface area contributed by atoms with Crippen LogP contribution in [0.25, 0.3) is 0 Å². The summed E-state index contributed by atoms with van der Waals surface area (Å²) in [6.45, 7) is 0. The van der Waals surface area contributed by atoms with E-state index in [-0.39, 0.29) is 18.0 Å². The third kappa shape index (κ3) is 3.44. The van der Waals surface area contributed by atoms with Gasteiger partial charge >= 0.3 is 24.1 Å². The van der Waals surface area contributed by atoms with Crippen molar-refractivity contribution >= 4 is 6.02 Å². The lowest BCUT2D eigenvalue weighted by Gasteiger charge is -2.10. The lowest BCUT2D eigenvalue weighted by atomic mass is 10.8. The van der Waals surface area contributed by atoms with Crippen LogP contribution in [0.4, 0.5) is 0 Å². The van der Waals surface area contributed by atoms with Crippen LogP contribution in [0.1, 0.15) is 0 Å². The van der Waals surface area contributed by atoms with Gasteiger partial charge < -0.3 is 14.2 Å². The molecule has 8 nitrogen and oxygen atoms in total. The molecule has 0 saturated carbocycles. The molecule has 0 unspecified atom stereocenters. The number of aromatic nitrogens is 3. The molecule has 0 atom stereocenters. The van der Waals surface area contributed by atoms with Crippen LogP contribution in [-0.4, -0.2) is 72.9 Å². The molecule has 0 saturated heterocycles. The standard InChI is InChI=1S/C10H18N5O3/c1-14(2)10(15(3)4)18-9-12-7(16-5)11-8(13-9)17-6/h1-6H3/q+1. The van der Waals surface area contributed by atoms with Crippen LogP contribution < -0.4 is 14.2 Å². The van der Waals surface area contributed by atoms with Crippen LogP contribution in [0.3, 0.4) is 0 Å². The predicted octanol–water partition coefficient (Wildman–Crippen LogP) is -0.543. The van der Waals surface area contributed by atoms with Crippen molar-refractivity contribution in [2.24, 2.45) is 0 Å². The first-order valence-electron chi connectivity index (χ1n) is 5.21. The monoisotopic (exact) mass is 256 g/mol. The Morgan fingerprint density at radius 2 is 1.39 bits per heavy atom. The van der Waals surface area contributed by atoms with E-state index in [0.29, 0.717) is 6.02 Å². The van der Waals surface area contributed by atoms with Gasteiger partial charge in [-0.2, -0.15) is 0 Å². The first-order chi connectivity index (χ1) is 8.47. The molecule has 100 valence electrons. The summed E-state index contributed by atoms with van der Waals surface area (Å²) in [5.74, 6) is 0. The predicted molar refractivity (Wildman–Crippen MR) is 64.4 cm³/mol. The van der Waals surface area contributed by atoms with Gasteiger partial charge in [0.05, 0.1) is 42.4 Å². The molecule has 0 amide bonds. The van der Waals surface area contributed by atoms with Crippen LogP contribution in [0.2, 0.25) is 0 Å². The number of ether oxygens (including phenoxy) is 3. The van der Waals surface area contributed by atoms with Crippen molar-refractivity contribution in [2.45, 2.75) is 0 Å². The van der Waals surface area contributed by atoms with Crippen LogP contribution in [0.15, 0.2) is 0 Å². The molecule has 1 heterocycles. The van der Waals surface area contributed by atoms with Crippen molar-refractivity contribution in [2.75, 3.05) is 42.4 Å². The van der Waals surface area contributed by atoms with Crippen molar-refractivity contribution in [3.63, 3.8) is 0 Å². The summed E-state index contributed by atoms with van der Waals surface area (Å²) in [4.78, 5) is 13.6. The second-order valence-electron chi connectivity index (χ2n) is 3.76. The van der Waals surface area contributed by atoms with E-state index in [2.05, 4.69) is 15.0 Å². The average Bonchev–Trinajstić information content (AvgIpc) is 2.34. The van der Waals surface area contributed by atoms with E-state index >= 15 is 0 Å². The first kappa shape index (κ1) is 13.9. The highest BCUT2D eigenvalue weighted by Crippen LogP contribution is 2.14. The maximum atomic E-state index is 5.57. The zero-order valence-corrected chi connectivity index (χ0v) is 11.5. The van der Waals surface area contributed by atoms with E-state index in [0.717, 1.165) is 0 Å². The Hall–Kier alpha value is -2.12. The third-order valence-corrected chi connectivity index (χ3v) is 1.89. The number of rotatable bonds is 3. The fourth-order valence-electron chi connectivity index (χ4n) is 1.21. The van der Waals surface area contributed by atoms with E-state index in [4.69, 9.17) is 14.2 Å². The maximum absolute atomic E-state index is 5.57. The van der Waals surface area contributed by atoms with E-state index in [1.165, 1.54) is 14.2 Å². The van der Waals surface area contributed by atoms with Crippen LogP contribution >= 0.6 is 0 Å². The smallest absolute Gasteiger partial charge is 0.453 e. The lowest BCUT2D eigenvalue weighted by molar-refractivity contribution is -0.478. The van der Waals surface area contributed by atoms with Gasteiger partial charge in [0.1, 0.15) is 0 Å². The second kappa shape index (κ2) is 5.99. The molecule has 0 aliphatic rings. The Kier molecular flexibility index (Phi) is 4.64. The summed E-state index contributed by atoms with van der Waals surface area (Å²) in [5, 5.41) is 0. The molecule has 0 spiro atoms. The Morgan fingerprint density at radius 3 is 1.72 bits per heavy atom. The van der Waals surface area contributed by atoms with Gasteiger partial charge in [-0.15, -0.1) is 15.0 Å². The molecule has 0 bridgehead atoms. The largest absolute Gasteiger partial charge is 0.467 e. The van der Waals surface area contributed by atoms with Gasteiger partial charge in [-0.25, -0.2) is 9.48 Å². The van der Waals surface area contributed by atoms with Crippen LogP contribution in [0.5, 0.6) is 18.0 Å². The van der Waals surface area contributed by atoms with Crippen molar-refractivity contribution in [1.82, 2.24) is 19.9 Å². The Balaban J connectivity index is 3.06. The molecule has 1 rings (SSSR count). The fraction of sp³-hybridized carbons (Fsp3) is 0.600. The summed E-state index contributed by atoms with van der Waals surface area (Å²) in [6, 6.07) is 0.948. The first-order valence-corrected chi connectivity index (χ1v) is 5.21. The van der Waals surface area contributed by atoms with Gasteiger partial charge in [0.25, 0.3) is 0 Å². The van der Waals surface area contributed by atoms with E-state index in [1.54, 1.807) is 9.48 Å². The van der Waals surface area contributed by atoms with Gasteiger partial charge in [0, 0.05) is 0 Å². The zero-order chi connectivity index (χ0) is 13.7. The molecule has 18 heavy (non-hydrogen) atoms. The number of amidine groups is 1. The van der Waals surface area contributed by atoms with Crippen molar-refractivity contribution in [1.29, 1.82) is 0 Å². The van der Waals surface area contributed by atoms with Gasteiger partial charge in [-0.3, -0.25) is 0 Å². The maximum Gasteiger partial charge on any atom is 0.453 e. The molecular formula is C10H18N5O3+. The topological polar surface area (TPSA) is 72.6 Å². The molecule has 0 aliphatic heterocycles. The Morgan fingerprint density at radius 1 is 0.944 bits per heavy atom. The SMILES string of the molecule is COc1nc(OC)nc(OC(N(C)C)=[N+](C)C)n1. The quantitative estimate of drug-likeness (QED) is 0.408. The van der Waals surface area contributed by atoms with E-state index in [9.17, 15) is 0 Å². The number of nitrogens with zero attached hydrogens (tertiary/aromatic N) is 5. The second-order valence-corrected chi connectivity index (χ2v) is 3.76. The summed E-state index contributed by atoms with van der Waals surface area (Å²) < 4.78 is 17.2. The van der Waals surface area contributed by atoms with Gasteiger partial charge in [0.15, 0.2) is 0 Å². The van der Waals surface area contributed by atoms with E-state index in [1.807, 2.05) is 28.2 Å². The third-order valence-electron chi connectivity index (χ3n) is 1.89. The minimum absolute atomic E-state index is 0.108. The highest BCUT2D eigenvalue weighted by Gasteiger charge is 2.18. The lowest BCUT2D eigenvalue weighted by Crippen LogP contribution is -2.35. The summed E-state index contributed by atoms with van der Waals surface area (Å²) in [5.41, 5.74) is 0. The van der Waals surface area contributed by atoms with Crippen molar-refractivity contribution < 1.29 is 18.8 Å². The van der Waals surface area contributed by atoms with Crippen molar-refractivity contribution in [3.05, 3.63) is 0 Å². The van der Waals surface area contributed by atoms with Crippen LogP contribution in [0, 0.1) is 0 Å². The minimum atomic E-state index is 0.108. The molecule has 0 radical (unpaired) electrons. The number of hydrogen-bond acceptors (Lipinski definition) is 6. The Bertz CT molecular complexity index is 421. The molecule has 0 aliphatic carbocycles. The number of hydrogen-bond donors (Lipinski definition) is 0. The molecule has 8 heteroatoms.